The molecule has 1 heterocycles. The number of aliphatic hydroxyl groups excluding tert-OH is 1. The van der Waals surface area contributed by atoms with Crippen molar-refractivity contribution in [3.8, 4) is 11.3 Å². The average Bonchev–Trinajstić information content (AvgIpc) is 3.68. The summed E-state index contributed by atoms with van der Waals surface area (Å²) in [4.78, 5) is 12.9. The molecule has 2 N–H and O–H groups in total. The van der Waals surface area contributed by atoms with Crippen LogP contribution in [0.15, 0.2) is 57.4 Å². The number of fused-ring (bicyclic) bond motifs is 1. The topological polar surface area (TPSA) is 99.8 Å². The lowest BCUT2D eigenvalue weighted by molar-refractivity contribution is 0.0964. The van der Waals surface area contributed by atoms with E-state index in [1.807, 2.05) is 0 Å². The number of furan rings is 1. The molecule has 198 valence electrons. The van der Waals surface area contributed by atoms with E-state index in [9.17, 15) is 27.1 Å². The van der Waals surface area contributed by atoms with E-state index in [0.717, 1.165) is 22.7 Å². The lowest BCUT2D eigenvalue weighted by Gasteiger charge is -2.22. The summed E-state index contributed by atoms with van der Waals surface area (Å²) in [6, 6.07) is 11.6. The molecule has 1 amide bonds. The fourth-order valence-corrected chi connectivity index (χ4v) is 5.55. The van der Waals surface area contributed by atoms with Gasteiger partial charge in [0, 0.05) is 24.1 Å². The van der Waals surface area contributed by atoms with Crippen LogP contribution in [0.1, 0.15) is 45.8 Å². The number of rotatable bonds is 8. The lowest BCUT2D eigenvalue weighted by atomic mass is 10.00. The molecule has 3 aromatic carbocycles. The van der Waals surface area contributed by atoms with E-state index in [4.69, 9.17) is 4.42 Å². The third-order valence-electron chi connectivity index (χ3n) is 6.56. The lowest BCUT2D eigenvalue weighted by Crippen LogP contribution is -2.22. The maximum Gasteiger partial charge on any atom is 0.255 e. The summed E-state index contributed by atoms with van der Waals surface area (Å²) < 4.78 is 60.4. The predicted molar refractivity (Wildman–Crippen MR) is 143 cm³/mol. The first-order valence-electron chi connectivity index (χ1n) is 11.8. The Morgan fingerprint density at radius 1 is 1.16 bits per heavy atom. The molecule has 38 heavy (non-hydrogen) atoms. The van der Waals surface area contributed by atoms with Gasteiger partial charge >= 0.3 is 0 Å². The molecule has 1 aromatic heterocycles. The monoisotopic (exact) mass is 604 g/mol. The zero-order valence-electron chi connectivity index (χ0n) is 20.1. The molecule has 1 aliphatic rings. The maximum absolute atomic E-state index is 14.4. The van der Waals surface area contributed by atoms with Gasteiger partial charge in [-0.15, -0.1) is 0 Å². The largest absolute Gasteiger partial charge is 0.455 e. The van der Waals surface area contributed by atoms with Gasteiger partial charge in [0.2, 0.25) is 10.9 Å². The van der Waals surface area contributed by atoms with E-state index in [-0.39, 0.29) is 33.8 Å². The molecule has 0 bridgehead atoms. The molecular weight excluding hydrogens is 582 g/mol. The Morgan fingerprint density at radius 3 is 2.47 bits per heavy atom. The summed E-state index contributed by atoms with van der Waals surface area (Å²) >= 11 is 3.10. The minimum absolute atomic E-state index is 0.0863. The van der Waals surface area contributed by atoms with Gasteiger partial charge in [0.05, 0.1) is 28.9 Å². The average molecular weight is 605 g/mol. The summed E-state index contributed by atoms with van der Waals surface area (Å²) in [7, 11) is -1.66. The molecule has 1 fully saturated rings. The van der Waals surface area contributed by atoms with Gasteiger partial charge in [-0.1, -0.05) is 6.07 Å². The summed E-state index contributed by atoms with van der Waals surface area (Å²) in [6.07, 6.45) is 1.70. The molecule has 7 nitrogen and oxygen atoms in total. The quantitative estimate of drug-likeness (QED) is 0.234. The number of anilines is 1. The van der Waals surface area contributed by atoms with E-state index >= 15 is 0 Å². The van der Waals surface area contributed by atoms with Gasteiger partial charge < -0.3 is 14.8 Å². The van der Waals surface area contributed by atoms with Crippen molar-refractivity contribution >= 4 is 49.4 Å². The Bertz CT molecular complexity index is 1620. The number of carbonyl (C=O) groups excluding carboxylic acids is 1. The molecule has 1 saturated carbocycles. The summed E-state index contributed by atoms with van der Waals surface area (Å²) in [5, 5.41) is 12.7. The number of halogens is 3. The third-order valence-corrected chi connectivity index (χ3v) is 8.20. The minimum atomic E-state index is -3.15. The van der Waals surface area contributed by atoms with Crippen LogP contribution in [0.5, 0.6) is 0 Å². The minimum Gasteiger partial charge on any atom is -0.455 e. The van der Waals surface area contributed by atoms with Crippen LogP contribution in [0, 0.1) is 11.6 Å². The number of benzene rings is 3. The van der Waals surface area contributed by atoms with Gasteiger partial charge in [0.15, 0.2) is 0 Å². The first-order chi connectivity index (χ1) is 18.2. The highest BCUT2D eigenvalue weighted by atomic mass is 79.9. The van der Waals surface area contributed by atoms with Gasteiger partial charge in [0.1, 0.15) is 23.0 Å². The Morgan fingerprint density at radius 2 is 1.87 bits per heavy atom. The highest BCUT2D eigenvalue weighted by Crippen LogP contribution is 2.48. The zero-order chi connectivity index (χ0) is 27.1. The number of amides is 1. The van der Waals surface area contributed by atoms with Crippen molar-refractivity contribution in [1.29, 1.82) is 0 Å². The molecule has 5 rings (SSSR count). The highest BCUT2D eigenvalue weighted by molar-refractivity contribution is 9.10. The number of hydrogen-bond donors (Lipinski definition) is 3. The second-order valence-electron chi connectivity index (χ2n) is 9.08. The van der Waals surface area contributed by atoms with Crippen molar-refractivity contribution in [1.82, 2.24) is 5.32 Å². The van der Waals surface area contributed by atoms with E-state index in [1.54, 1.807) is 12.1 Å². The predicted octanol–water partition coefficient (Wildman–Crippen LogP) is 5.40. The summed E-state index contributed by atoms with van der Waals surface area (Å²) in [5.41, 5.74) is 2.79. The zero-order valence-corrected chi connectivity index (χ0v) is 22.6. The Balaban J connectivity index is 1.69. The van der Waals surface area contributed by atoms with Crippen molar-refractivity contribution in [2.45, 2.75) is 31.9 Å². The van der Waals surface area contributed by atoms with Crippen LogP contribution >= 0.6 is 15.9 Å². The van der Waals surface area contributed by atoms with Crippen molar-refractivity contribution in [3.63, 3.8) is 0 Å². The van der Waals surface area contributed by atoms with E-state index in [1.165, 1.54) is 43.4 Å². The standard InChI is InChI=1S/C27H23BrF2N2O5S/c1-31-27(34)24-20-10-19(15-2-3-15)22(11-23(20)37-26(24)16-4-6-18(29)7-5-16)32(38(35)36)12-14-8-17(13-33)25(28)21(30)9-14/h4-11,15,33,38H,2-3,12-13H2,1H3,(H,31,34). The van der Waals surface area contributed by atoms with Gasteiger partial charge in [-0.2, -0.15) is 0 Å². The Labute approximate surface area is 227 Å². The molecule has 0 spiro atoms. The van der Waals surface area contributed by atoms with Crippen molar-refractivity contribution in [2.75, 3.05) is 11.4 Å². The van der Waals surface area contributed by atoms with Crippen molar-refractivity contribution in [2.24, 2.45) is 0 Å². The number of thiol groups is 1. The Kier molecular flexibility index (Phi) is 7.26. The molecular formula is C27H23BrF2N2O5S. The van der Waals surface area contributed by atoms with Crippen LogP contribution in [-0.2, 0) is 24.0 Å². The highest BCUT2D eigenvalue weighted by Gasteiger charge is 2.32. The fraction of sp³-hybridized carbons (Fsp3) is 0.222. The first-order valence-corrected chi connectivity index (χ1v) is 13.7. The second-order valence-corrected chi connectivity index (χ2v) is 10.8. The van der Waals surface area contributed by atoms with Crippen LogP contribution in [-0.4, -0.2) is 26.5 Å². The number of carbonyl (C=O) groups is 1. The summed E-state index contributed by atoms with van der Waals surface area (Å²) in [6.45, 7) is -0.593. The third kappa shape index (κ3) is 4.93. The smallest absolute Gasteiger partial charge is 0.255 e. The van der Waals surface area contributed by atoms with Crippen molar-refractivity contribution in [3.05, 3.63) is 86.9 Å². The number of hydrogen-bond acceptors (Lipinski definition) is 5. The second kappa shape index (κ2) is 10.5. The number of nitrogens with one attached hydrogen (secondary N) is 1. The first kappa shape index (κ1) is 26.3. The van der Waals surface area contributed by atoms with Crippen molar-refractivity contribution < 1.29 is 31.5 Å². The van der Waals surface area contributed by atoms with Crippen LogP contribution in [0.25, 0.3) is 22.3 Å². The van der Waals surface area contributed by atoms with Crippen LogP contribution < -0.4 is 9.62 Å². The number of aliphatic hydroxyl groups is 1. The summed E-state index contributed by atoms with van der Waals surface area (Å²) in [5.74, 6) is -1.13. The number of nitrogens with zero attached hydrogens (tertiary/aromatic N) is 1. The molecule has 0 radical (unpaired) electrons. The Hall–Kier alpha value is -3.28. The SMILES string of the molecule is CNC(=O)c1c(-c2ccc(F)cc2)oc2cc(N(Cc3cc(F)c(Br)c(CO)c3)[SH](=O)=O)c(C3CC3)cc12. The van der Waals surface area contributed by atoms with Crippen LogP contribution in [0.3, 0.4) is 0 Å². The molecule has 0 aliphatic heterocycles. The normalized spacial score (nSPS) is 13.3. The van der Waals surface area contributed by atoms with E-state index in [2.05, 4.69) is 21.2 Å². The maximum atomic E-state index is 14.4. The molecule has 11 heteroatoms. The van der Waals surface area contributed by atoms with Gasteiger partial charge in [0.25, 0.3) is 5.91 Å². The van der Waals surface area contributed by atoms with E-state index in [0.29, 0.717) is 27.8 Å². The van der Waals surface area contributed by atoms with E-state index < -0.39 is 35.0 Å². The van der Waals surface area contributed by atoms with Crippen LogP contribution in [0.4, 0.5) is 14.5 Å². The van der Waals surface area contributed by atoms with Gasteiger partial charge in [-0.05, 0) is 87.8 Å². The molecule has 1 aliphatic carbocycles. The van der Waals surface area contributed by atoms with Gasteiger partial charge in [-0.25, -0.2) is 17.2 Å². The molecule has 0 saturated heterocycles. The molecule has 4 aromatic rings. The van der Waals surface area contributed by atoms with Gasteiger partial charge in [-0.3, -0.25) is 9.10 Å². The molecule has 0 unspecified atom stereocenters. The van der Waals surface area contributed by atoms with Crippen LogP contribution in [0.2, 0.25) is 0 Å². The fourth-order valence-electron chi connectivity index (χ4n) is 4.57. The molecule has 0 atom stereocenters.